The average Bonchev–Trinajstić information content (AvgIpc) is 2.38. The fourth-order valence-electron chi connectivity index (χ4n) is 1.74. The number of nitrogen functional groups attached to an aromatic ring is 1. The minimum atomic E-state index is 0.184. The highest BCUT2D eigenvalue weighted by molar-refractivity contribution is 9.10. The Hall–Kier alpha value is -0.940. The third-order valence-corrected chi connectivity index (χ3v) is 4.79. The minimum absolute atomic E-state index is 0.184. The van der Waals surface area contributed by atoms with Crippen LogP contribution in [0.25, 0.3) is 10.9 Å². The molecule has 0 radical (unpaired) electrons. The number of nitrogens with zero attached hydrogens (tertiary/aromatic N) is 1. The molecule has 0 fully saturated rings. The highest BCUT2D eigenvalue weighted by atomic mass is 79.9. The molecule has 1 aromatic heterocycles. The molecule has 3 N–H and O–H groups in total. The predicted molar refractivity (Wildman–Crippen MR) is 89.9 cm³/mol. The number of hydrogen-bond donors (Lipinski definition) is 2. The Morgan fingerprint density at radius 3 is 2.84 bits per heavy atom. The van der Waals surface area contributed by atoms with Gasteiger partial charge in [0.1, 0.15) is 0 Å². The van der Waals surface area contributed by atoms with Gasteiger partial charge in [-0.15, -0.1) is 0 Å². The molecule has 0 amide bonds. The molecule has 0 saturated carbocycles. The molecular weight excluding hydrogens is 322 g/mol. The molecule has 0 unspecified atom stereocenters. The summed E-state index contributed by atoms with van der Waals surface area (Å²) in [4.78, 5) is 4.47. The Labute approximate surface area is 126 Å². The Kier molecular flexibility index (Phi) is 4.26. The topological polar surface area (TPSA) is 50.9 Å². The first-order chi connectivity index (χ1) is 8.93. The second-order valence-corrected chi connectivity index (χ2v) is 7.50. The lowest BCUT2D eigenvalue weighted by Gasteiger charge is -2.23. The van der Waals surface area contributed by atoms with E-state index in [1.165, 1.54) is 0 Å². The summed E-state index contributed by atoms with van der Waals surface area (Å²) in [5.41, 5.74) is 8.70. The van der Waals surface area contributed by atoms with Crippen molar-refractivity contribution >= 4 is 50.0 Å². The first-order valence-corrected chi connectivity index (χ1v) is 8.07. The minimum Gasteiger partial charge on any atom is -0.398 e. The van der Waals surface area contributed by atoms with Gasteiger partial charge in [0.15, 0.2) is 0 Å². The molecule has 0 bridgehead atoms. The number of thioether (sulfide) groups is 1. The largest absolute Gasteiger partial charge is 0.398 e. The molecule has 102 valence electrons. The fraction of sp³-hybridized carbons (Fsp3) is 0.357. The Balaban J connectivity index is 2.37. The predicted octanol–water partition coefficient (Wildman–Crippen LogP) is 4.13. The number of benzene rings is 1. The second kappa shape index (κ2) is 5.59. The SMILES string of the molecule is CSC(C)(C)CNc1ccc(N)c2cc(Br)cnc12. The van der Waals surface area contributed by atoms with Gasteiger partial charge in [-0.3, -0.25) is 4.98 Å². The molecule has 5 heteroatoms. The van der Waals surface area contributed by atoms with Crippen LogP contribution >= 0.6 is 27.7 Å². The second-order valence-electron chi connectivity index (χ2n) is 5.07. The van der Waals surface area contributed by atoms with Crippen LogP contribution in [0, 0.1) is 0 Å². The molecule has 1 heterocycles. The van der Waals surface area contributed by atoms with Crippen molar-refractivity contribution in [2.24, 2.45) is 0 Å². The smallest absolute Gasteiger partial charge is 0.0954 e. The van der Waals surface area contributed by atoms with Crippen LogP contribution in [0.1, 0.15) is 13.8 Å². The van der Waals surface area contributed by atoms with E-state index in [0.29, 0.717) is 0 Å². The molecule has 0 saturated heterocycles. The molecule has 0 aliphatic heterocycles. The van der Waals surface area contributed by atoms with Crippen molar-refractivity contribution in [3.8, 4) is 0 Å². The molecule has 0 aliphatic carbocycles. The molecule has 2 rings (SSSR count). The summed E-state index contributed by atoms with van der Waals surface area (Å²) >= 11 is 5.27. The van der Waals surface area contributed by atoms with Gasteiger partial charge in [-0.05, 0) is 54.2 Å². The summed E-state index contributed by atoms with van der Waals surface area (Å²) in [6.45, 7) is 5.31. The van der Waals surface area contributed by atoms with Crippen molar-refractivity contribution in [1.82, 2.24) is 4.98 Å². The summed E-state index contributed by atoms with van der Waals surface area (Å²) in [6.07, 6.45) is 3.92. The summed E-state index contributed by atoms with van der Waals surface area (Å²) < 4.78 is 1.12. The first-order valence-electron chi connectivity index (χ1n) is 6.06. The van der Waals surface area contributed by atoms with Crippen LogP contribution in [0.5, 0.6) is 0 Å². The van der Waals surface area contributed by atoms with Gasteiger partial charge in [0.25, 0.3) is 0 Å². The Bertz CT molecular complexity index is 599. The summed E-state index contributed by atoms with van der Waals surface area (Å²) in [7, 11) is 0. The van der Waals surface area contributed by atoms with Crippen LogP contribution in [0.15, 0.2) is 28.9 Å². The van der Waals surface area contributed by atoms with E-state index < -0.39 is 0 Å². The zero-order valence-corrected chi connectivity index (χ0v) is 13.7. The van der Waals surface area contributed by atoms with Crippen LogP contribution in [-0.2, 0) is 0 Å². The Morgan fingerprint density at radius 1 is 1.42 bits per heavy atom. The lowest BCUT2D eigenvalue weighted by molar-refractivity contribution is 0.753. The maximum Gasteiger partial charge on any atom is 0.0954 e. The van der Waals surface area contributed by atoms with Crippen LogP contribution in [0.4, 0.5) is 11.4 Å². The number of aromatic nitrogens is 1. The van der Waals surface area contributed by atoms with Gasteiger partial charge >= 0.3 is 0 Å². The van der Waals surface area contributed by atoms with Gasteiger partial charge in [-0.2, -0.15) is 11.8 Å². The van der Waals surface area contributed by atoms with Crippen molar-refractivity contribution < 1.29 is 0 Å². The van der Waals surface area contributed by atoms with Gasteiger partial charge in [0.05, 0.1) is 11.2 Å². The zero-order chi connectivity index (χ0) is 14.0. The normalized spacial score (nSPS) is 11.8. The fourth-order valence-corrected chi connectivity index (χ4v) is 2.29. The molecule has 0 aliphatic rings. The van der Waals surface area contributed by atoms with E-state index in [0.717, 1.165) is 33.3 Å². The van der Waals surface area contributed by atoms with Crippen LogP contribution in [0.2, 0.25) is 0 Å². The molecule has 2 aromatic rings. The van der Waals surface area contributed by atoms with Gasteiger partial charge in [-0.1, -0.05) is 0 Å². The lowest BCUT2D eigenvalue weighted by Crippen LogP contribution is -2.26. The molecule has 1 aromatic carbocycles. The monoisotopic (exact) mass is 339 g/mol. The average molecular weight is 340 g/mol. The van der Waals surface area contributed by atoms with E-state index in [1.807, 2.05) is 30.0 Å². The number of rotatable bonds is 4. The van der Waals surface area contributed by atoms with Gasteiger partial charge in [0, 0.05) is 33.0 Å². The molecule has 3 nitrogen and oxygen atoms in total. The van der Waals surface area contributed by atoms with Crippen molar-refractivity contribution in [2.75, 3.05) is 23.9 Å². The lowest BCUT2D eigenvalue weighted by atomic mass is 10.1. The summed E-state index contributed by atoms with van der Waals surface area (Å²) in [5, 5.41) is 4.44. The highest BCUT2D eigenvalue weighted by Crippen LogP contribution is 2.30. The molecule has 0 atom stereocenters. The first kappa shape index (κ1) is 14.5. The number of anilines is 2. The maximum atomic E-state index is 6.01. The number of fused-ring (bicyclic) bond motifs is 1. The van der Waals surface area contributed by atoms with E-state index in [2.05, 4.69) is 46.3 Å². The van der Waals surface area contributed by atoms with Gasteiger partial charge in [0.2, 0.25) is 0 Å². The summed E-state index contributed by atoms with van der Waals surface area (Å²) in [6, 6.07) is 5.92. The van der Waals surface area contributed by atoms with Gasteiger partial charge < -0.3 is 11.1 Å². The Morgan fingerprint density at radius 2 is 2.16 bits per heavy atom. The third kappa shape index (κ3) is 3.34. The van der Waals surface area contributed by atoms with E-state index in [-0.39, 0.29) is 4.75 Å². The zero-order valence-electron chi connectivity index (χ0n) is 11.3. The van der Waals surface area contributed by atoms with Crippen LogP contribution in [0.3, 0.4) is 0 Å². The number of nitrogens with one attached hydrogen (secondary N) is 1. The molecule has 0 spiro atoms. The van der Waals surface area contributed by atoms with E-state index in [4.69, 9.17) is 5.73 Å². The van der Waals surface area contributed by atoms with Crippen molar-refractivity contribution in [3.05, 3.63) is 28.9 Å². The van der Waals surface area contributed by atoms with Crippen molar-refractivity contribution in [1.29, 1.82) is 0 Å². The molecular formula is C14H18BrN3S. The van der Waals surface area contributed by atoms with Crippen molar-refractivity contribution in [2.45, 2.75) is 18.6 Å². The number of hydrogen-bond acceptors (Lipinski definition) is 4. The van der Waals surface area contributed by atoms with E-state index in [9.17, 15) is 0 Å². The van der Waals surface area contributed by atoms with Crippen LogP contribution in [-0.4, -0.2) is 22.5 Å². The van der Waals surface area contributed by atoms with Crippen LogP contribution < -0.4 is 11.1 Å². The maximum absolute atomic E-state index is 6.01. The van der Waals surface area contributed by atoms with Gasteiger partial charge in [-0.25, -0.2) is 0 Å². The quantitative estimate of drug-likeness (QED) is 0.822. The number of pyridine rings is 1. The number of halogens is 1. The van der Waals surface area contributed by atoms with E-state index in [1.54, 1.807) is 6.20 Å². The number of nitrogens with two attached hydrogens (primary N) is 1. The standard InChI is InChI=1S/C14H18BrN3S/c1-14(2,19-3)8-18-12-5-4-11(16)10-6-9(15)7-17-13(10)12/h4-7,18H,8,16H2,1-3H3. The third-order valence-electron chi connectivity index (χ3n) is 3.11. The van der Waals surface area contributed by atoms with E-state index >= 15 is 0 Å². The molecule has 19 heavy (non-hydrogen) atoms. The summed E-state index contributed by atoms with van der Waals surface area (Å²) in [5.74, 6) is 0. The highest BCUT2D eigenvalue weighted by Gasteiger charge is 2.16. The van der Waals surface area contributed by atoms with Crippen molar-refractivity contribution in [3.63, 3.8) is 0 Å².